The molecule has 0 aliphatic carbocycles. The molecule has 0 saturated heterocycles. The molecule has 0 spiro atoms. The van der Waals surface area contributed by atoms with Gasteiger partial charge in [0, 0.05) is 25.5 Å². The average molecular weight is 783 g/mol. The van der Waals surface area contributed by atoms with Crippen molar-refractivity contribution in [3.05, 3.63) is 206 Å². The summed E-state index contributed by atoms with van der Waals surface area (Å²) in [6.07, 6.45) is 0. The van der Waals surface area contributed by atoms with Crippen LogP contribution in [-0.2, 0) is 0 Å². The lowest BCUT2D eigenvalue weighted by Crippen LogP contribution is -2.24. The van der Waals surface area contributed by atoms with E-state index in [0.717, 1.165) is 34.1 Å². The molecule has 0 saturated carbocycles. The molecule has 2 aliphatic heterocycles. The summed E-state index contributed by atoms with van der Waals surface area (Å²) in [4.78, 5) is 9.50. The molecule has 0 atom stereocenters. The molecular weight excluding hydrogens is 741 g/mol. The maximum Gasteiger partial charge on any atom is 0.0699 e. The number of para-hydroxylation sites is 8. The van der Waals surface area contributed by atoms with Gasteiger partial charge in [0.25, 0.3) is 0 Å². The van der Waals surface area contributed by atoms with Crippen molar-refractivity contribution in [1.82, 2.24) is 0 Å². The first-order valence-corrected chi connectivity index (χ1v) is 21.1. The fraction of sp³-hybridized carbons (Fsp3) is 0.0526. The third kappa shape index (κ3) is 5.32. The van der Waals surface area contributed by atoms with Gasteiger partial charge in [-0.15, -0.1) is 0 Å². The molecule has 0 bridgehead atoms. The maximum absolute atomic E-state index is 2.45. The number of rotatable bonds is 4. The zero-order valence-corrected chi connectivity index (χ0v) is 34.3. The Hall–Kier alpha value is -7.82. The summed E-state index contributed by atoms with van der Waals surface area (Å²) in [5, 5.41) is 7.34. The van der Waals surface area contributed by atoms with Crippen LogP contribution in [0.4, 0.5) is 56.9 Å². The van der Waals surface area contributed by atoms with Crippen molar-refractivity contribution in [2.24, 2.45) is 0 Å². The molecule has 12 rings (SSSR count). The van der Waals surface area contributed by atoms with Crippen LogP contribution in [0.1, 0.15) is 5.56 Å². The van der Waals surface area contributed by atoms with Gasteiger partial charge in [0.2, 0.25) is 0 Å². The number of benzene rings is 10. The third-order valence-electron chi connectivity index (χ3n) is 13.0. The molecule has 0 unspecified atom stereocenters. The van der Waals surface area contributed by atoms with Gasteiger partial charge in [-0.25, -0.2) is 0 Å². The zero-order chi connectivity index (χ0) is 40.8. The lowest BCUT2D eigenvalue weighted by atomic mass is 9.84. The van der Waals surface area contributed by atoms with E-state index in [1.54, 1.807) is 0 Å². The first-order chi connectivity index (χ1) is 30.0. The minimum Gasteiger partial charge on any atom is -0.341 e. The summed E-state index contributed by atoms with van der Waals surface area (Å²) >= 11 is 0. The Labute approximate surface area is 356 Å². The molecular formula is C57H42N4. The van der Waals surface area contributed by atoms with E-state index in [0.29, 0.717) is 0 Å². The fourth-order valence-electron chi connectivity index (χ4n) is 10.1. The third-order valence-corrected chi connectivity index (χ3v) is 13.0. The number of aryl methyl sites for hydroxylation is 1. The van der Waals surface area contributed by atoms with Crippen LogP contribution < -0.4 is 19.6 Å². The van der Waals surface area contributed by atoms with Gasteiger partial charge in [0.05, 0.1) is 45.5 Å². The van der Waals surface area contributed by atoms with Crippen molar-refractivity contribution < 1.29 is 0 Å². The van der Waals surface area contributed by atoms with E-state index in [4.69, 9.17) is 0 Å². The van der Waals surface area contributed by atoms with E-state index in [-0.39, 0.29) is 0 Å². The van der Waals surface area contributed by atoms with Gasteiger partial charge >= 0.3 is 0 Å². The van der Waals surface area contributed by atoms with Gasteiger partial charge in [-0.3, -0.25) is 0 Å². The molecule has 4 nitrogen and oxygen atoms in total. The normalized spacial score (nSPS) is 13.0. The number of anilines is 10. The number of nitrogens with zero attached hydrogens (tertiary/aromatic N) is 4. The molecule has 0 N–H and O–H groups in total. The van der Waals surface area contributed by atoms with Crippen molar-refractivity contribution in [2.45, 2.75) is 6.92 Å². The van der Waals surface area contributed by atoms with Crippen molar-refractivity contribution in [2.75, 3.05) is 33.7 Å². The van der Waals surface area contributed by atoms with E-state index in [1.807, 2.05) is 0 Å². The summed E-state index contributed by atoms with van der Waals surface area (Å²) in [7, 11) is 4.34. The van der Waals surface area contributed by atoms with Gasteiger partial charge < -0.3 is 19.6 Å². The quantitative estimate of drug-likeness (QED) is 0.165. The Morgan fingerprint density at radius 3 is 1.23 bits per heavy atom. The van der Waals surface area contributed by atoms with Crippen LogP contribution in [0.25, 0.3) is 54.6 Å². The molecule has 2 heterocycles. The molecule has 10 aromatic rings. The molecule has 4 heteroatoms. The number of hydrogen-bond acceptors (Lipinski definition) is 4. The van der Waals surface area contributed by atoms with Crippen LogP contribution in [0.3, 0.4) is 0 Å². The van der Waals surface area contributed by atoms with Gasteiger partial charge in [-0.2, -0.15) is 0 Å². The van der Waals surface area contributed by atoms with Crippen LogP contribution in [0.5, 0.6) is 0 Å². The summed E-state index contributed by atoms with van der Waals surface area (Å²) in [5.41, 5.74) is 17.8. The van der Waals surface area contributed by atoms with Crippen LogP contribution >= 0.6 is 0 Å². The fourth-order valence-corrected chi connectivity index (χ4v) is 10.1. The van der Waals surface area contributed by atoms with E-state index < -0.39 is 0 Å². The second kappa shape index (κ2) is 13.6. The van der Waals surface area contributed by atoms with Crippen molar-refractivity contribution in [1.29, 1.82) is 0 Å². The standard InChI is InChI=1S/C57H42N4/c1-37-16-4-7-19-43(37)57-45-33-31-41(60-52-24-12-8-20-48(52)58(2)49-21-9-13-25-53(49)60)35-46(45)56(40-29-28-38-17-5-6-18-39(38)34-40)44-32-30-42(36-47(44)57)61-54-26-14-10-22-50(54)59(3)51-23-11-15-27-55(51)61/h4-36H,1-3H3. The highest BCUT2D eigenvalue weighted by molar-refractivity contribution is 6.23. The Morgan fingerprint density at radius 1 is 0.311 bits per heavy atom. The molecule has 61 heavy (non-hydrogen) atoms. The Morgan fingerprint density at radius 2 is 0.721 bits per heavy atom. The van der Waals surface area contributed by atoms with Crippen molar-refractivity contribution in [3.8, 4) is 22.3 Å². The molecule has 2 aliphatic rings. The lowest BCUT2D eigenvalue weighted by molar-refractivity contribution is 1.13. The predicted octanol–water partition coefficient (Wildman–Crippen LogP) is 15.9. The van der Waals surface area contributed by atoms with Crippen LogP contribution in [0, 0.1) is 6.92 Å². The summed E-state index contributed by atoms with van der Waals surface area (Å²) < 4.78 is 0. The minimum atomic E-state index is 1.12. The molecule has 0 amide bonds. The Kier molecular flexibility index (Phi) is 7.85. The molecule has 0 radical (unpaired) electrons. The topological polar surface area (TPSA) is 13.0 Å². The predicted molar refractivity (Wildman–Crippen MR) is 260 cm³/mol. The molecule has 10 aromatic carbocycles. The molecule has 0 fully saturated rings. The lowest BCUT2D eigenvalue weighted by Gasteiger charge is -2.39. The van der Waals surface area contributed by atoms with E-state index in [2.05, 4.69) is 241 Å². The minimum absolute atomic E-state index is 1.12. The van der Waals surface area contributed by atoms with E-state index >= 15 is 0 Å². The largest absolute Gasteiger partial charge is 0.341 e. The van der Waals surface area contributed by atoms with Gasteiger partial charge in [-0.1, -0.05) is 121 Å². The Balaban J connectivity index is 1.20. The second-order valence-electron chi connectivity index (χ2n) is 16.3. The van der Waals surface area contributed by atoms with Gasteiger partial charge in [0.1, 0.15) is 0 Å². The SMILES string of the molecule is Cc1ccccc1-c1c2ccc(N3c4ccccc4N(C)c4ccccc43)cc2c(-c2ccc3ccccc3c2)c2ccc(N3c4ccccc4N(C)c4ccccc43)cc12. The Bertz CT molecular complexity index is 3310. The second-order valence-corrected chi connectivity index (χ2v) is 16.3. The highest BCUT2D eigenvalue weighted by Gasteiger charge is 2.30. The number of fused-ring (bicyclic) bond motifs is 7. The van der Waals surface area contributed by atoms with Crippen molar-refractivity contribution in [3.63, 3.8) is 0 Å². The van der Waals surface area contributed by atoms with Crippen LogP contribution in [-0.4, -0.2) is 14.1 Å². The van der Waals surface area contributed by atoms with E-state index in [1.165, 1.54) is 82.9 Å². The monoisotopic (exact) mass is 782 g/mol. The van der Waals surface area contributed by atoms with Crippen molar-refractivity contribution >= 4 is 89.2 Å². The number of hydrogen-bond donors (Lipinski definition) is 0. The van der Waals surface area contributed by atoms with Gasteiger partial charge in [0.15, 0.2) is 0 Å². The highest BCUT2D eigenvalue weighted by atomic mass is 15.3. The van der Waals surface area contributed by atoms with Gasteiger partial charge in [-0.05, 0) is 146 Å². The highest BCUT2D eigenvalue weighted by Crippen LogP contribution is 2.55. The van der Waals surface area contributed by atoms with Crippen LogP contribution in [0.2, 0.25) is 0 Å². The summed E-state index contributed by atoms with van der Waals surface area (Å²) in [6, 6.07) is 73.8. The zero-order valence-electron chi connectivity index (χ0n) is 34.3. The molecule has 290 valence electrons. The first kappa shape index (κ1) is 35.2. The summed E-state index contributed by atoms with van der Waals surface area (Å²) in [5.74, 6) is 0. The average Bonchev–Trinajstić information content (AvgIpc) is 3.31. The first-order valence-electron chi connectivity index (χ1n) is 21.1. The maximum atomic E-state index is 2.45. The van der Waals surface area contributed by atoms with Crippen LogP contribution in [0.15, 0.2) is 200 Å². The smallest absolute Gasteiger partial charge is 0.0699 e. The molecule has 0 aromatic heterocycles. The summed E-state index contributed by atoms with van der Waals surface area (Å²) in [6.45, 7) is 2.24. The van der Waals surface area contributed by atoms with E-state index in [9.17, 15) is 0 Å².